The number of nitrogens with zero attached hydrogens (tertiary/aromatic N) is 4. The summed E-state index contributed by atoms with van der Waals surface area (Å²) in [6.45, 7) is 1.38. The predicted molar refractivity (Wildman–Crippen MR) is 87.0 cm³/mol. The number of carbonyl (C=O) groups is 1. The summed E-state index contributed by atoms with van der Waals surface area (Å²) in [5.74, 6) is 0.0732. The molecule has 0 radical (unpaired) electrons. The van der Waals surface area contributed by atoms with Gasteiger partial charge in [0.25, 0.3) is 5.91 Å². The molecule has 0 unspecified atom stereocenters. The molecule has 0 spiro atoms. The molecule has 9 heteroatoms. The largest absolute Gasteiger partial charge is 0.394 e. The monoisotopic (exact) mass is 344 g/mol. The van der Waals surface area contributed by atoms with Crippen molar-refractivity contribution in [1.82, 2.24) is 30.3 Å². The van der Waals surface area contributed by atoms with E-state index in [-0.39, 0.29) is 18.1 Å². The van der Waals surface area contributed by atoms with Gasteiger partial charge in [-0.3, -0.25) is 14.6 Å². The van der Waals surface area contributed by atoms with Gasteiger partial charge in [0.1, 0.15) is 17.7 Å². The maximum Gasteiger partial charge on any atom is 0.272 e. The first-order valence-corrected chi connectivity index (χ1v) is 7.58. The van der Waals surface area contributed by atoms with Crippen molar-refractivity contribution < 1.29 is 14.3 Å². The number of aliphatic hydroxyl groups excluding tert-OH is 1. The number of aryl methyl sites for hydroxylation is 2. The number of aliphatic hydroxyl groups is 1. The molecule has 0 fully saturated rings. The summed E-state index contributed by atoms with van der Waals surface area (Å²) in [5, 5.41) is 22.9. The average molecular weight is 344 g/mol. The van der Waals surface area contributed by atoms with E-state index in [9.17, 15) is 14.3 Å². The van der Waals surface area contributed by atoms with Gasteiger partial charge in [0.2, 0.25) is 0 Å². The minimum atomic E-state index is -0.742. The molecule has 0 aliphatic rings. The Morgan fingerprint density at radius 1 is 1.40 bits per heavy atom. The Kier molecular flexibility index (Phi) is 4.57. The molecule has 25 heavy (non-hydrogen) atoms. The fourth-order valence-corrected chi connectivity index (χ4v) is 2.41. The second-order valence-corrected chi connectivity index (χ2v) is 5.53. The number of hydrogen-bond acceptors (Lipinski definition) is 5. The van der Waals surface area contributed by atoms with E-state index >= 15 is 0 Å². The average Bonchev–Trinajstić information content (AvgIpc) is 3.19. The van der Waals surface area contributed by atoms with Gasteiger partial charge in [-0.05, 0) is 42.8 Å². The lowest BCUT2D eigenvalue weighted by Gasteiger charge is -2.11. The Morgan fingerprint density at radius 2 is 2.12 bits per heavy atom. The van der Waals surface area contributed by atoms with Gasteiger partial charge in [-0.2, -0.15) is 10.2 Å². The van der Waals surface area contributed by atoms with Crippen molar-refractivity contribution in [2.45, 2.75) is 13.0 Å². The van der Waals surface area contributed by atoms with Gasteiger partial charge >= 0.3 is 0 Å². The van der Waals surface area contributed by atoms with Crippen LogP contribution < -0.4 is 5.32 Å². The molecule has 2 heterocycles. The second kappa shape index (κ2) is 6.81. The van der Waals surface area contributed by atoms with E-state index in [2.05, 4.69) is 25.6 Å². The lowest BCUT2D eigenvalue weighted by atomic mass is 10.1. The number of nitrogens with one attached hydrogen (secondary N) is 2. The summed E-state index contributed by atoms with van der Waals surface area (Å²) in [6, 6.07) is 6.77. The van der Waals surface area contributed by atoms with Crippen molar-refractivity contribution >= 4 is 5.91 Å². The van der Waals surface area contributed by atoms with Gasteiger partial charge in [0.15, 0.2) is 11.5 Å². The number of halogens is 1. The van der Waals surface area contributed by atoms with Crippen LogP contribution in [-0.2, 0) is 7.05 Å². The number of hydrogen-bond donors (Lipinski definition) is 3. The quantitative estimate of drug-likeness (QED) is 0.643. The topological polar surface area (TPSA) is 109 Å². The molecule has 2 aromatic heterocycles. The Morgan fingerprint density at radius 3 is 2.72 bits per heavy atom. The summed E-state index contributed by atoms with van der Waals surface area (Å²) in [4.78, 5) is 16.5. The predicted octanol–water partition coefficient (Wildman–Crippen LogP) is 1.12. The van der Waals surface area contributed by atoms with Gasteiger partial charge in [-0.25, -0.2) is 9.37 Å². The summed E-state index contributed by atoms with van der Waals surface area (Å²) in [6.07, 6.45) is 0. The number of aromatic amines is 1. The first kappa shape index (κ1) is 16.8. The van der Waals surface area contributed by atoms with Crippen LogP contribution in [0.1, 0.15) is 28.2 Å². The molecule has 0 aliphatic carbocycles. The minimum Gasteiger partial charge on any atom is -0.394 e. The summed E-state index contributed by atoms with van der Waals surface area (Å²) < 4.78 is 14.6. The van der Waals surface area contributed by atoms with Gasteiger partial charge in [0.05, 0.1) is 12.3 Å². The van der Waals surface area contributed by atoms with Crippen LogP contribution in [0.5, 0.6) is 0 Å². The van der Waals surface area contributed by atoms with Gasteiger partial charge in [-0.15, -0.1) is 0 Å². The fourth-order valence-electron chi connectivity index (χ4n) is 2.41. The second-order valence-electron chi connectivity index (χ2n) is 5.53. The Bertz CT molecular complexity index is 886. The number of aromatic nitrogens is 5. The number of H-pyrrole nitrogens is 1. The van der Waals surface area contributed by atoms with E-state index in [0.717, 1.165) is 5.56 Å². The third kappa shape index (κ3) is 3.56. The third-order valence-electron chi connectivity index (χ3n) is 3.67. The lowest BCUT2D eigenvalue weighted by molar-refractivity contribution is 0.0907. The molecule has 3 aromatic rings. The molecule has 0 saturated carbocycles. The highest BCUT2D eigenvalue weighted by atomic mass is 19.1. The molecule has 3 rings (SSSR count). The van der Waals surface area contributed by atoms with Crippen molar-refractivity contribution in [2.75, 3.05) is 6.61 Å². The van der Waals surface area contributed by atoms with E-state index < -0.39 is 11.9 Å². The number of carbonyl (C=O) groups excluding carboxylic acids is 1. The van der Waals surface area contributed by atoms with Crippen LogP contribution in [0.3, 0.4) is 0 Å². The van der Waals surface area contributed by atoms with Gasteiger partial charge < -0.3 is 10.4 Å². The molecule has 1 atom stereocenters. The van der Waals surface area contributed by atoms with Gasteiger partial charge in [-0.1, -0.05) is 0 Å². The normalized spacial score (nSPS) is 12.2. The highest BCUT2D eigenvalue weighted by molar-refractivity contribution is 5.93. The molecule has 1 amide bonds. The smallest absolute Gasteiger partial charge is 0.272 e. The third-order valence-corrected chi connectivity index (χ3v) is 3.67. The number of benzene rings is 1. The molecular weight excluding hydrogens is 327 g/mol. The van der Waals surface area contributed by atoms with Crippen molar-refractivity contribution in [3.63, 3.8) is 0 Å². The first-order valence-electron chi connectivity index (χ1n) is 7.58. The van der Waals surface area contributed by atoms with Crippen LogP contribution >= 0.6 is 0 Å². The molecule has 0 saturated heterocycles. The molecule has 130 valence electrons. The fraction of sp³-hybridized carbons (Fsp3) is 0.250. The van der Waals surface area contributed by atoms with Crippen LogP contribution in [0.15, 0.2) is 30.3 Å². The summed E-state index contributed by atoms with van der Waals surface area (Å²) >= 11 is 0. The van der Waals surface area contributed by atoms with Crippen molar-refractivity contribution in [3.8, 4) is 11.3 Å². The van der Waals surface area contributed by atoms with Crippen molar-refractivity contribution in [3.05, 3.63) is 53.5 Å². The molecule has 3 N–H and O–H groups in total. The Hall–Kier alpha value is -3.07. The van der Waals surface area contributed by atoms with Crippen LogP contribution in [0, 0.1) is 12.7 Å². The van der Waals surface area contributed by atoms with E-state index in [1.165, 1.54) is 16.8 Å². The van der Waals surface area contributed by atoms with E-state index in [0.29, 0.717) is 17.3 Å². The van der Waals surface area contributed by atoms with E-state index in [1.807, 2.05) is 0 Å². The number of amides is 1. The van der Waals surface area contributed by atoms with Crippen LogP contribution in [0.25, 0.3) is 11.3 Å². The lowest BCUT2D eigenvalue weighted by Crippen LogP contribution is -2.32. The molecule has 0 bridgehead atoms. The van der Waals surface area contributed by atoms with Crippen LogP contribution in [0.2, 0.25) is 0 Å². The van der Waals surface area contributed by atoms with Crippen LogP contribution in [0.4, 0.5) is 4.39 Å². The first-order chi connectivity index (χ1) is 12.0. The zero-order chi connectivity index (χ0) is 18.0. The van der Waals surface area contributed by atoms with Crippen LogP contribution in [-0.4, -0.2) is 42.6 Å². The number of rotatable bonds is 5. The maximum absolute atomic E-state index is 13.1. The maximum atomic E-state index is 13.1. The standard InChI is InChI=1S/C16H17FN6O2/c1-9-18-15(21-20-9)13(8-24)19-16(25)12-7-14(23(2)22-12)10-3-5-11(17)6-4-10/h3-7,13,24H,8H2,1-2H3,(H,19,25)(H,18,20,21)/t13-/m1/s1. The molecule has 1 aromatic carbocycles. The Labute approximate surface area is 142 Å². The van der Waals surface area contributed by atoms with Crippen molar-refractivity contribution in [1.29, 1.82) is 0 Å². The zero-order valence-corrected chi connectivity index (χ0v) is 13.7. The molecule has 0 aliphatic heterocycles. The molecular formula is C16H17FN6O2. The SMILES string of the molecule is Cc1nc([C@@H](CO)NC(=O)c2cc(-c3ccc(F)cc3)n(C)n2)n[nH]1. The summed E-state index contributed by atoms with van der Waals surface area (Å²) in [5.41, 5.74) is 1.57. The summed E-state index contributed by atoms with van der Waals surface area (Å²) in [7, 11) is 1.69. The highest BCUT2D eigenvalue weighted by Gasteiger charge is 2.21. The minimum absolute atomic E-state index is 0.174. The van der Waals surface area contributed by atoms with Crippen molar-refractivity contribution in [2.24, 2.45) is 7.05 Å². The highest BCUT2D eigenvalue weighted by Crippen LogP contribution is 2.20. The molecule has 8 nitrogen and oxygen atoms in total. The van der Waals surface area contributed by atoms with E-state index in [1.54, 1.807) is 32.2 Å². The zero-order valence-electron chi connectivity index (χ0n) is 13.7. The Balaban J connectivity index is 1.80. The van der Waals surface area contributed by atoms with E-state index in [4.69, 9.17) is 0 Å². The van der Waals surface area contributed by atoms with Gasteiger partial charge in [0, 0.05) is 7.05 Å².